The third kappa shape index (κ3) is 13.9. The smallest absolute Gasteiger partial charge is 0.211 e. The van der Waals surface area contributed by atoms with Gasteiger partial charge in [0.05, 0.1) is 26.2 Å². The molecular formula is C18H26N4O4. The van der Waals surface area contributed by atoms with E-state index in [9.17, 15) is 19.2 Å². The van der Waals surface area contributed by atoms with Crippen LogP contribution in [0.2, 0.25) is 0 Å². The van der Waals surface area contributed by atoms with E-state index in [1.54, 1.807) is 12.2 Å². The Labute approximate surface area is 153 Å². The molecule has 0 aliphatic rings. The number of unbranched alkanes of at least 4 members (excludes halogenated alkanes) is 1. The van der Waals surface area contributed by atoms with E-state index in [2.05, 4.69) is 20.0 Å². The molecule has 0 spiro atoms. The highest BCUT2D eigenvalue weighted by Gasteiger charge is 2.20. The number of rotatable bonds is 17. The van der Waals surface area contributed by atoms with Gasteiger partial charge in [-0.2, -0.15) is 0 Å². The van der Waals surface area contributed by atoms with Gasteiger partial charge in [-0.1, -0.05) is 12.8 Å². The molecule has 26 heavy (non-hydrogen) atoms. The maximum Gasteiger partial charge on any atom is 0.234 e. The summed E-state index contributed by atoms with van der Waals surface area (Å²) in [5.41, 5.74) is 0. The molecule has 142 valence electrons. The minimum absolute atomic E-state index is 0.323. The summed E-state index contributed by atoms with van der Waals surface area (Å²) in [6.07, 6.45) is 12.9. The van der Waals surface area contributed by atoms with Crippen LogP contribution in [0.15, 0.2) is 20.0 Å². The Hall–Kier alpha value is -2.48. The Morgan fingerprint density at radius 1 is 0.462 bits per heavy atom. The molecule has 0 saturated heterocycles. The molecular weight excluding hydrogens is 336 g/mol. The van der Waals surface area contributed by atoms with Gasteiger partial charge in [0.2, 0.25) is 24.3 Å². The lowest BCUT2D eigenvalue weighted by Gasteiger charge is -2.27. The van der Waals surface area contributed by atoms with Crippen LogP contribution in [0, 0.1) is 11.8 Å². The van der Waals surface area contributed by atoms with Crippen LogP contribution in [0.25, 0.3) is 0 Å². The van der Waals surface area contributed by atoms with Crippen molar-refractivity contribution >= 4 is 24.3 Å². The van der Waals surface area contributed by atoms with Gasteiger partial charge >= 0.3 is 0 Å². The lowest BCUT2D eigenvalue weighted by molar-refractivity contribution is 0.253. The Kier molecular flexibility index (Phi) is 17.1. The van der Waals surface area contributed by atoms with Crippen molar-refractivity contribution in [2.75, 3.05) is 26.2 Å². The molecule has 0 radical (unpaired) electrons. The van der Waals surface area contributed by atoms with Gasteiger partial charge in [0.1, 0.15) is 0 Å². The number of aliphatic imine (C=N–C) groups is 4. The molecule has 0 saturated carbocycles. The van der Waals surface area contributed by atoms with Gasteiger partial charge < -0.3 is 0 Å². The van der Waals surface area contributed by atoms with Gasteiger partial charge in [-0.05, 0) is 50.4 Å². The van der Waals surface area contributed by atoms with Crippen molar-refractivity contribution in [2.45, 2.75) is 51.4 Å². The van der Waals surface area contributed by atoms with E-state index in [0.29, 0.717) is 38.0 Å². The maximum absolute atomic E-state index is 10.3. The molecule has 0 rings (SSSR count). The van der Waals surface area contributed by atoms with Crippen molar-refractivity contribution in [3.8, 4) is 0 Å². The fourth-order valence-corrected chi connectivity index (χ4v) is 3.11. The molecule has 0 amide bonds. The highest BCUT2D eigenvalue weighted by molar-refractivity contribution is 5.33. The van der Waals surface area contributed by atoms with E-state index in [0.717, 1.165) is 51.4 Å². The standard InChI is InChI=1S/C18H26N4O4/c23-13-19-9-2-1-5-17(6-3-10-20-14-24)18(8-12-22-16-26)7-4-11-21-15-25/h17-18H,1-12H2. The van der Waals surface area contributed by atoms with E-state index >= 15 is 0 Å². The molecule has 2 atom stereocenters. The van der Waals surface area contributed by atoms with Crippen molar-refractivity contribution in [3.05, 3.63) is 0 Å². The lowest BCUT2D eigenvalue weighted by Crippen LogP contribution is -2.17. The SMILES string of the molecule is O=C=NCCCCC(CCCN=C=O)C(CCCN=C=O)CCN=C=O. The van der Waals surface area contributed by atoms with Crippen molar-refractivity contribution in [2.24, 2.45) is 31.8 Å². The minimum Gasteiger partial charge on any atom is -0.211 e. The first-order valence-corrected chi connectivity index (χ1v) is 8.94. The molecule has 0 N–H and O–H groups in total. The number of isocyanates is 4. The maximum atomic E-state index is 10.3. The van der Waals surface area contributed by atoms with Gasteiger partial charge in [-0.15, -0.1) is 0 Å². The quantitative estimate of drug-likeness (QED) is 0.224. The van der Waals surface area contributed by atoms with Crippen molar-refractivity contribution in [3.63, 3.8) is 0 Å². The Morgan fingerprint density at radius 3 is 1.35 bits per heavy atom. The van der Waals surface area contributed by atoms with Gasteiger partial charge in [-0.25, -0.2) is 39.1 Å². The van der Waals surface area contributed by atoms with Crippen LogP contribution in [0.4, 0.5) is 0 Å². The lowest BCUT2D eigenvalue weighted by atomic mass is 9.79. The zero-order chi connectivity index (χ0) is 19.3. The predicted molar refractivity (Wildman–Crippen MR) is 95.9 cm³/mol. The Balaban J connectivity index is 4.77. The molecule has 0 aromatic carbocycles. The summed E-state index contributed by atoms with van der Waals surface area (Å²) in [5.74, 6) is 0.697. The second-order valence-corrected chi connectivity index (χ2v) is 5.98. The zero-order valence-electron chi connectivity index (χ0n) is 15.1. The third-order valence-electron chi connectivity index (χ3n) is 4.32. The van der Waals surface area contributed by atoms with Crippen LogP contribution < -0.4 is 0 Å². The van der Waals surface area contributed by atoms with E-state index in [1.165, 1.54) is 12.2 Å². The number of hydrogen-bond donors (Lipinski definition) is 0. The first-order valence-electron chi connectivity index (χ1n) is 8.94. The molecule has 0 fully saturated rings. The van der Waals surface area contributed by atoms with Gasteiger partial charge in [0, 0.05) is 0 Å². The normalized spacial score (nSPS) is 11.8. The van der Waals surface area contributed by atoms with Crippen LogP contribution >= 0.6 is 0 Å². The third-order valence-corrected chi connectivity index (χ3v) is 4.32. The van der Waals surface area contributed by atoms with E-state index in [1.807, 2.05) is 0 Å². The van der Waals surface area contributed by atoms with E-state index in [4.69, 9.17) is 0 Å². The molecule has 0 aliphatic heterocycles. The summed E-state index contributed by atoms with van der Waals surface area (Å²) in [6.45, 7) is 1.78. The molecule has 0 bridgehead atoms. The van der Waals surface area contributed by atoms with E-state index in [-0.39, 0.29) is 0 Å². The molecule has 8 nitrogen and oxygen atoms in total. The van der Waals surface area contributed by atoms with Crippen molar-refractivity contribution in [1.82, 2.24) is 0 Å². The fraction of sp³-hybridized carbons (Fsp3) is 0.778. The van der Waals surface area contributed by atoms with Gasteiger partial charge in [0.25, 0.3) is 0 Å². The minimum atomic E-state index is 0.323. The van der Waals surface area contributed by atoms with Crippen LogP contribution in [0.3, 0.4) is 0 Å². The first kappa shape index (κ1) is 23.5. The van der Waals surface area contributed by atoms with Crippen LogP contribution in [0.5, 0.6) is 0 Å². The largest absolute Gasteiger partial charge is 0.234 e. The molecule has 2 unspecified atom stereocenters. The van der Waals surface area contributed by atoms with Crippen molar-refractivity contribution < 1.29 is 19.2 Å². The fourth-order valence-electron chi connectivity index (χ4n) is 3.11. The molecule has 0 aliphatic carbocycles. The average Bonchev–Trinajstić information content (AvgIpc) is 2.65. The average molecular weight is 362 g/mol. The summed E-state index contributed by atoms with van der Waals surface area (Å²) < 4.78 is 0. The second-order valence-electron chi connectivity index (χ2n) is 5.98. The van der Waals surface area contributed by atoms with Crippen molar-refractivity contribution in [1.29, 1.82) is 0 Å². The molecule has 0 aromatic heterocycles. The Morgan fingerprint density at radius 2 is 0.846 bits per heavy atom. The van der Waals surface area contributed by atoms with Gasteiger partial charge in [-0.3, -0.25) is 0 Å². The first-order chi connectivity index (χ1) is 12.8. The number of carbonyl (C=O) groups excluding carboxylic acids is 4. The van der Waals surface area contributed by atoms with Crippen LogP contribution in [-0.2, 0) is 19.2 Å². The predicted octanol–water partition coefficient (Wildman–Crippen LogP) is 2.68. The summed E-state index contributed by atoms with van der Waals surface area (Å²) in [4.78, 5) is 55.2. The second kappa shape index (κ2) is 18.9. The number of hydrogen-bond acceptors (Lipinski definition) is 8. The van der Waals surface area contributed by atoms with Crippen LogP contribution in [0.1, 0.15) is 51.4 Å². The van der Waals surface area contributed by atoms with E-state index < -0.39 is 0 Å². The highest BCUT2D eigenvalue weighted by Crippen LogP contribution is 2.30. The number of nitrogens with zero attached hydrogens (tertiary/aromatic N) is 4. The highest BCUT2D eigenvalue weighted by atomic mass is 16.1. The molecule has 0 aromatic rings. The summed E-state index contributed by atoms with van der Waals surface area (Å²) in [6, 6.07) is 0. The summed E-state index contributed by atoms with van der Waals surface area (Å²) in [7, 11) is 0. The topological polar surface area (TPSA) is 118 Å². The molecule has 0 heterocycles. The zero-order valence-corrected chi connectivity index (χ0v) is 15.1. The van der Waals surface area contributed by atoms with Crippen LogP contribution in [-0.4, -0.2) is 50.5 Å². The monoisotopic (exact) mass is 362 g/mol. The summed E-state index contributed by atoms with van der Waals surface area (Å²) in [5, 5.41) is 0. The Bertz CT molecular complexity index is 556. The van der Waals surface area contributed by atoms with Gasteiger partial charge in [0.15, 0.2) is 0 Å². The summed E-state index contributed by atoms with van der Waals surface area (Å²) >= 11 is 0. The molecule has 8 heteroatoms.